The minimum absolute atomic E-state index is 0.844. The van der Waals surface area contributed by atoms with Gasteiger partial charge in [-0.15, -0.1) is 11.3 Å². The summed E-state index contributed by atoms with van der Waals surface area (Å²) in [6.07, 6.45) is 0. The Morgan fingerprint density at radius 1 is 0.471 bits per heavy atom. The molecule has 0 fully saturated rings. The highest BCUT2D eigenvalue weighted by atomic mass is 32.1. The Labute approximate surface area is 298 Å². The predicted octanol–water partition coefficient (Wildman–Crippen LogP) is 13.8. The van der Waals surface area contributed by atoms with Gasteiger partial charge in [0.15, 0.2) is 11.5 Å². The summed E-state index contributed by atoms with van der Waals surface area (Å²) < 4.78 is 8.81. The van der Waals surface area contributed by atoms with Gasteiger partial charge < -0.3 is 9.64 Å². The predicted molar refractivity (Wildman–Crippen MR) is 215 cm³/mol. The maximum absolute atomic E-state index is 6.28. The summed E-state index contributed by atoms with van der Waals surface area (Å²) in [6, 6.07) is 60.7. The van der Waals surface area contributed by atoms with Crippen molar-refractivity contribution in [2.75, 3.05) is 4.90 Å². The third-order valence-corrected chi connectivity index (χ3v) is 11.3. The Hall–Kier alpha value is -6.49. The van der Waals surface area contributed by atoms with Crippen molar-refractivity contribution in [3.05, 3.63) is 170 Å². The quantitative estimate of drug-likeness (QED) is 0.187. The van der Waals surface area contributed by atoms with Gasteiger partial charge in [-0.05, 0) is 93.3 Å². The van der Waals surface area contributed by atoms with E-state index in [2.05, 4.69) is 150 Å². The summed E-state index contributed by atoms with van der Waals surface area (Å²) in [5.41, 5.74) is 8.56. The molecule has 0 saturated heterocycles. The molecule has 0 spiro atoms. The molecule has 8 aromatic carbocycles. The number of rotatable bonds is 3. The minimum atomic E-state index is 0.844. The molecule has 4 heteroatoms. The minimum Gasteiger partial charge on any atom is -0.453 e. The zero-order valence-electron chi connectivity index (χ0n) is 27.4. The number of hydrogen-bond donors (Lipinski definition) is 0. The van der Waals surface area contributed by atoms with Crippen molar-refractivity contribution in [3.8, 4) is 33.9 Å². The molecule has 0 saturated carbocycles. The maximum atomic E-state index is 6.28. The van der Waals surface area contributed by atoms with E-state index in [1.165, 1.54) is 52.8 Å². The van der Waals surface area contributed by atoms with E-state index in [4.69, 9.17) is 9.72 Å². The Morgan fingerprint density at radius 2 is 1.14 bits per heavy atom. The Morgan fingerprint density at radius 3 is 1.92 bits per heavy atom. The van der Waals surface area contributed by atoms with Crippen molar-refractivity contribution in [1.29, 1.82) is 0 Å². The number of aromatic nitrogens is 1. The first kappa shape index (κ1) is 28.4. The molecule has 0 N–H and O–H groups in total. The lowest BCUT2D eigenvalue weighted by Gasteiger charge is -2.32. The summed E-state index contributed by atoms with van der Waals surface area (Å²) in [6.45, 7) is 0. The average Bonchev–Trinajstić information content (AvgIpc) is 3.56. The second-order valence-electron chi connectivity index (χ2n) is 13.1. The van der Waals surface area contributed by atoms with Gasteiger partial charge >= 0.3 is 0 Å². The number of anilines is 3. The van der Waals surface area contributed by atoms with E-state index >= 15 is 0 Å². The topological polar surface area (TPSA) is 25.4 Å². The van der Waals surface area contributed by atoms with Crippen LogP contribution in [0, 0.1) is 0 Å². The van der Waals surface area contributed by atoms with Gasteiger partial charge in [0, 0.05) is 36.8 Å². The molecule has 11 rings (SSSR count). The summed E-state index contributed by atoms with van der Waals surface area (Å²) in [5.74, 6) is 1.69. The second-order valence-corrected chi connectivity index (χ2v) is 14.2. The van der Waals surface area contributed by atoms with Gasteiger partial charge in [0.05, 0.1) is 22.6 Å². The molecular formula is C47H28N2OS. The lowest BCUT2D eigenvalue weighted by molar-refractivity contribution is 0.477. The maximum Gasteiger partial charge on any atom is 0.151 e. The van der Waals surface area contributed by atoms with Gasteiger partial charge in [-0.25, -0.2) is 4.98 Å². The van der Waals surface area contributed by atoms with E-state index in [1.807, 2.05) is 35.6 Å². The molecule has 10 aromatic rings. The first-order valence-corrected chi connectivity index (χ1v) is 18.0. The molecule has 1 aliphatic rings. The number of fused-ring (bicyclic) bond motifs is 9. The SMILES string of the molecule is c1ccc2c(c1)Oc1ccccc1N2c1ccc(-c2cc(-c3cccc4ccccc34)c3ccc4sc5cc6ccccc6cc5c4c3n2)cc1. The van der Waals surface area contributed by atoms with Crippen molar-refractivity contribution in [3.63, 3.8) is 0 Å². The first-order chi connectivity index (χ1) is 25.3. The summed E-state index contributed by atoms with van der Waals surface area (Å²) >= 11 is 1.85. The fourth-order valence-electron chi connectivity index (χ4n) is 7.83. The molecule has 0 radical (unpaired) electrons. The van der Waals surface area contributed by atoms with Crippen LogP contribution in [0.3, 0.4) is 0 Å². The van der Waals surface area contributed by atoms with Gasteiger partial charge in [0.25, 0.3) is 0 Å². The highest BCUT2D eigenvalue weighted by molar-refractivity contribution is 7.26. The van der Waals surface area contributed by atoms with Crippen molar-refractivity contribution >= 4 is 81.0 Å². The van der Waals surface area contributed by atoms with Crippen LogP contribution in [0.1, 0.15) is 0 Å². The number of benzene rings is 8. The molecular weight excluding hydrogens is 641 g/mol. The molecule has 3 nitrogen and oxygen atoms in total. The molecule has 238 valence electrons. The van der Waals surface area contributed by atoms with Crippen molar-refractivity contribution < 1.29 is 4.74 Å². The van der Waals surface area contributed by atoms with E-state index in [1.54, 1.807) is 0 Å². The monoisotopic (exact) mass is 668 g/mol. The van der Waals surface area contributed by atoms with E-state index < -0.39 is 0 Å². The van der Waals surface area contributed by atoms with E-state index in [0.29, 0.717) is 0 Å². The van der Waals surface area contributed by atoms with Gasteiger partial charge in [-0.2, -0.15) is 0 Å². The zero-order chi connectivity index (χ0) is 33.5. The molecule has 51 heavy (non-hydrogen) atoms. The van der Waals surface area contributed by atoms with Crippen LogP contribution < -0.4 is 9.64 Å². The van der Waals surface area contributed by atoms with Gasteiger partial charge in [0.2, 0.25) is 0 Å². The van der Waals surface area contributed by atoms with Crippen molar-refractivity contribution in [2.24, 2.45) is 0 Å². The van der Waals surface area contributed by atoms with Crippen LogP contribution in [0.5, 0.6) is 11.5 Å². The fraction of sp³-hybridized carbons (Fsp3) is 0. The van der Waals surface area contributed by atoms with E-state index in [-0.39, 0.29) is 0 Å². The number of nitrogens with zero attached hydrogens (tertiary/aromatic N) is 2. The lowest BCUT2D eigenvalue weighted by atomic mass is 9.93. The van der Waals surface area contributed by atoms with Crippen LogP contribution in [-0.2, 0) is 0 Å². The van der Waals surface area contributed by atoms with Gasteiger partial charge in [-0.3, -0.25) is 0 Å². The van der Waals surface area contributed by atoms with Gasteiger partial charge in [0.1, 0.15) is 0 Å². The number of ether oxygens (including phenoxy) is 1. The Kier molecular flexibility index (Phi) is 6.12. The number of hydrogen-bond acceptors (Lipinski definition) is 4. The Bertz CT molecular complexity index is 2970. The molecule has 0 aliphatic carbocycles. The lowest BCUT2D eigenvalue weighted by Crippen LogP contribution is -2.15. The smallest absolute Gasteiger partial charge is 0.151 e. The summed E-state index contributed by atoms with van der Waals surface area (Å²) in [5, 5.41) is 8.61. The van der Waals surface area contributed by atoms with E-state index in [9.17, 15) is 0 Å². The third-order valence-electron chi connectivity index (χ3n) is 10.2. The molecule has 3 heterocycles. The largest absolute Gasteiger partial charge is 0.453 e. The third kappa shape index (κ3) is 4.40. The normalized spacial score (nSPS) is 12.4. The molecule has 2 aromatic heterocycles. The van der Waals surface area contributed by atoms with Crippen LogP contribution in [0.4, 0.5) is 17.1 Å². The molecule has 1 aliphatic heterocycles. The second kappa shape index (κ2) is 11.0. The van der Waals surface area contributed by atoms with Gasteiger partial charge in [-0.1, -0.05) is 109 Å². The highest BCUT2D eigenvalue weighted by Gasteiger charge is 2.25. The number of pyridine rings is 1. The Balaban J connectivity index is 1.15. The fourth-order valence-corrected chi connectivity index (χ4v) is 8.97. The van der Waals surface area contributed by atoms with E-state index in [0.717, 1.165) is 50.7 Å². The van der Waals surface area contributed by atoms with Crippen molar-refractivity contribution in [1.82, 2.24) is 4.98 Å². The highest BCUT2D eigenvalue weighted by Crippen LogP contribution is 2.50. The molecule has 0 bridgehead atoms. The summed E-state index contributed by atoms with van der Waals surface area (Å²) in [7, 11) is 0. The van der Waals surface area contributed by atoms with Crippen molar-refractivity contribution in [2.45, 2.75) is 0 Å². The first-order valence-electron chi connectivity index (χ1n) is 17.2. The number of thiophene rings is 1. The summed E-state index contributed by atoms with van der Waals surface area (Å²) in [4.78, 5) is 7.81. The van der Waals surface area contributed by atoms with Crippen LogP contribution in [0.15, 0.2) is 170 Å². The molecule has 0 atom stereocenters. The number of para-hydroxylation sites is 4. The van der Waals surface area contributed by atoms with Crippen LogP contribution >= 0.6 is 11.3 Å². The van der Waals surface area contributed by atoms with Crippen LogP contribution in [-0.4, -0.2) is 4.98 Å². The molecule has 0 unspecified atom stereocenters. The van der Waals surface area contributed by atoms with Crippen LogP contribution in [0.25, 0.3) is 75.0 Å². The van der Waals surface area contributed by atoms with Crippen LogP contribution in [0.2, 0.25) is 0 Å². The zero-order valence-corrected chi connectivity index (χ0v) is 28.2. The molecule has 0 amide bonds. The average molecular weight is 669 g/mol. The standard InChI is InChI=1S/C47H28N2OS/c1-2-12-32-27-45-38(26-31(32)11-1)46-44(51-45)25-24-36-37(35-15-9-13-29-10-3-4-14-34(29)35)28-39(48-47(36)46)30-20-22-33(23-21-30)49-40-16-5-7-18-42(40)50-43-19-8-6-17-41(43)49/h1-28H.